The highest BCUT2D eigenvalue weighted by Crippen LogP contribution is 2.29. The van der Waals surface area contributed by atoms with E-state index in [0.717, 1.165) is 54.5 Å². The Morgan fingerprint density at radius 1 is 1.00 bits per heavy atom. The molecule has 1 aliphatic rings. The van der Waals surface area contributed by atoms with E-state index in [4.69, 9.17) is 4.74 Å². The molecule has 0 atom stereocenters. The second-order valence-corrected chi connectivity index (χ2v) is 9.09. The summed E-state index contributed by atoms with van der Waals surface area (Å²) >= 11 is 1.36. The number of nitrogens with one attached hydrogen (secondary N) is 1. The van der Waals surface area contributed by atoms with Gasteiger partial charge in [0.1, 0.15) is 0 Å². The van der Waals surface area contributed by atoms with Crippen LogP contribution >= 0.6 is 11.8 Å². The number of benzene rings is 2. The lowest BCUT2D eigenvalue weighted by Crippen LogP contribution is -2.36. The first-order chi connectivity index (χ1) is 17.2. The van der Waals surface area contributed by atoms with E-state index in [-0.39, 0.29) is 11.7 Å². The van der Waals surface area contributed by atoms with Gasteiger partial charge in [-0.25, -0.2) is 0 Å². The number of nitrogens with zero attached hydrogens (tertiary/aromatic N) is 5. The van der Waals surface area contributed by atoms with Crippen LogP contribution in [0.2, 0.25) is 0 Å². The number of aryl methyl sites for hydroxylation is 1. The van der Waals surface area contributed by atoms with Crippen molar-refractivity contribution in [1.82, 2.24) is 19.7 Å². The third-order valence-electron chi connectivity index (χ3n) is 5.79. The number of rotatable bonds is 7. The summed E-state index contributed by atoms with van der Waals surface area (Å²) in [6, 6.07) is 19.8. The van der Waals surface area contributed by atoms with E-state index in [9.17, 15) is 4.79 Å². The minimum absolute atomic E-state index is 0.0982. The second-order valence-electron chi connectivity index (χ2n) is 8.15. The fraction of sp³-hybridized carbons (Fsp3) is 0.231. The third kappa shape index (κ3) is 5.36. The van der Waals surface area contributed by atoms with Crippen LogP contribution in [0, 0.1) is 6.92 Å². The molecule has 35 heavy (non-hydrogen) atoms. The van der Waals surface area contributed by atoms with Gasteiger partial charge >= 0.3 is 0 Å². The van der Waals surface area contributed by atoms with Gasteiger partial charge < -0.3 is 15.0 Å². The molecule has 5 rings (SSSR count). The molecule has 3 heterocycles. The molecule has 9 heteroatoms. The Kier molecular flexibility index (Phi) is 7.06. The first kappa shape index (κ1) is 23.1. The molecule has 8 nitrogen and oxygen atoms in total. The summed E-state index contributed by atoms with van der Waals surface area (Å²) in [7, 11) is 0. The summed E-state index contributed by atoms with van der Waals surface area (Å²) in [6.07, 6.45) is 3.47. The summed E-state index contributed by atoms with van der Waals surface area (Å²) in [5.74, 6) is 0.827. The van der Waals surface area contributed by atoms with Crippen LogP contribution in [-0.2, 0) is 9.53 Å². The molecule has 1 saturated heterocycles. The number of ether oxygens (including phenoxy) is 1. The first-order valence-corrected chi connectivity index (χ1v) is 12.4. The molecule has 2 aromatic carbocycles. The number of anilines is 2. The molecule has 178 valence electrons. The van der Waals surface area contributed by atoms with Gasteiger partial charge in [0.25, 0.3) is 0 Å². The largest absolute Gasteiger partial charge is 0.378 e. The molecule has 0 aliphatic carbocycles. The maximum absolute atomic E-state index is 12.7. The van der Waals surface area contributed by atoms with Crippen LogP contribution in [0.15, 0.2) is 78.2 Å². The molecular weight excluding hydrogens is 460 g/mol. The topological polar surface area (TPSA) is 85.2 Å². The summed E-state index contributed by atoms with van der Waals surface area (Å²) < 4.78 is 7.42. The summed E-state index contributed by atoms with van der Waals surface area (Å²) in [5, 5.41) is 12.5. The molecule has 0 saturated carbocycles. The van der Waals surface area contributed by atoms with Crippen LogP contribution in [0.1, 0.15) is 5.56 Å². The molecule has 0 unspecified atom stereocenters. The van der Waals surface area contributed by atoms with Crippen molar-refractivity contribution in [3.8, 4) is 17.1 Å². The Morgan fingerprint density at radius 2 is 1.74 bits per heavy atom. The van der Waals surface area contributed by atoms with Gasteiger partial charge in [-0.1, -0.05) is 30.0 Å². The standard InChI is InChI=1S/C26H26N6O2S/c1-19-4-2-3-5-23(19)32-25(20-10-12-27-13-11-20)29-30-26(32)35-18-24(33)28-21-6-8-22(9-7-21)31-14-16-34-17-15-31/h2-13H,14-18H2,1H3,(H,28,33). The minimum atomic E-state index is -0.0982. The van der Waals surface area contributed by atoms with Crippen LogP contribution < -0.4 is 10.2 Å². The van der Waals surface area contributed by atoms with E-state index >= 15 is 0 Å². The Labute approximate surface area is 208 Å². The van der Waals surface area contributed by atoms with Crippen molar-refractivity contribution in [3.05, 3.63) is 78.6 Å². The number of pyridine rings is 1. The van der Waals surface area contributed by atoms with E-state index in [1.807, 2.05) is 72.2 Å². The van der Waals surface area contributed by atoms with E-state index in [1.54, 1.807) is 12.4 Å². The zero-order valence-electron chi connectivity index (χ0n) is 19.4. The summed E-state index contributed by atoms with van der Waals surface area (Å²) in [6.45, 7) is 5.29. The second kappa shape index (κ2) is 10.7. The molecule has 0 radical (unpaired) electrons. The number of carbonyl (C=O) groups excluding carboxylic acids is 1. The van der Waals surface area contributed by atoms with E-state index in [0.29, 0.717) is 11.0 Å². The predicted octanol–water partition coefficient (Wildman–Crippen LogP) is 4.21. The van der Waals surface area contributed by atoms with Crippen LogP contribution in [0.5, 0.6) is 0 Å². The summed E-state index contributed by atoms with van der Waals surface area (Å²) in [5.41, 5.74) is 4.88. The third-order valence-corrected chi connectivity index (χ3v) is 6.72. The van der Waals surface area contributed by atoms with E-state index in [2.05, 4.69) is 25.4 Å². The maximum Gasteiger partial charge on any atom is 0.234 e. The lowest BCUT2D eigenvalue weighted by atomic mass is 10.2. The molecule has 0 bridgehead atoms. The average molecular weight is 487 g/mol. The Bertz CT molecular complexity index is 1290. The van der Waals surface area contributed by atoms with Gasteiger partial charge in [0, 0.05) is 42.4 Å². The number of morpholine rings is 1. The number of amides is 1. The van der Waals surface area contributed by atoms with Crippen LogP contribution in [0.4, 0.5) is 11.4 Å². The van der Waals surface area contributed by atoms with Gasteiger partial charge in [-0.15, -0.1) is 10.2 Å². The Morgan fingerprint density at radius 3 is 2.49 bits per heavy atom. The van der Waals surface area contributed by atoms with Crippen LogP contribution in [0.3, 0.4) is 0 Å². The number of carbonyl (C=O) groups is 1. The first-order valence-electron chi connectivity index (χ1n) is 11.5. The zero-order valence-corrected chi connectivity index (χ0v) is 20.2. The van der Waals surface area contributed by atoms with Crippen molar-refractivity contribution in [2.24, 2.45) is 0 Å². The minimum Gasteiger partial charge on any atom is -0.378 e. The predicted molar refractivity (Wildman–Crippen MR) is 138 cm³/mol. The Balaban J connectivity index is 1.30. The molecule has 2 aromatic heterocycles. The molecule has 1 amide bonds. The normalized spacial score (nSPS) is 13.6. The Hall–Kier alpha value is -3.69. The SMILES string of the molecule is Cc1ccccc1-n1c(SCC(=O)Nc2ccc(N3CCOCC3)cc2)nnc1-c1ccncc1. The highest BCUT2D eigenvalue weighted by molar-refractivity contribution is 7.99. The molecule has 4 aromatic rings. The number of hydrogen-bond acceptors (Lipinski definition) is 7. The zero-order chi connectivity index (χ0) is 24.0. The van der Waals surface area contributed by atoms with Gasteiger partial charge in [-0.3, -0.25) is 14.3 Å². The van der Waals surface area contributed by atoms with E-state index < -0.39 is 0 Å². The highest BCUT2D eigenvalue weighted by atomic mass is 32.2. The number of thioether (sulfide) groups is 1. The van der Waals surface area contributed by atoms with Gasteiger partial charge in [0.2, 0.25) is 5.91 Å². The molecular formula is C26H26N6O2S. The van der Waals surface area contributed by atoms with Crippen LogP contribution in [-0.4, -0.2) is 57.7 Å². The highest BCUT2D eigenvalue weighted by Gasteiger charge is 2.18. The van der Waals surface area contributed by atoms with E-state index in [1.165, 1.54) is 11.8 Å². The smallest absolute Gasteiger partial charge is 0.234 e. The van der Waals surface area contributed by atoms with Crippen molar-refractivity contribution in [1.29, 1.82) is 0 Å². The lowest BCUT2D eigenvalue weighted by molar-refractivity contribution is -0.113. The summed E-state index contributed by atoms with van der Waals surface area (Å²) in [4.78, 5) is 19.1. The van der Waals surface area contributed by atoms with Crippen molar-refractivity contribution < 1.29 is 9.53 Å². The average Bonchev–Trinajstić information content (AvgIpc) is 3.33. The van der Waals surface area contributed by atoms with Gasteiger partial charge in [0.15, 0.2) is 11.0 Å². The van der Waals surface area contributed by atoms with Gasteiger partial charge in [-0.2, -0.15) is 0 Å². The van der Waals surface area contributed by atoms with Crippen molar-refractivity contribution >= 4 is 29.0 Å². The lowest BCUT2D eigenvalue weighted by Gasteiger charge is -2.28. The quantitative estimate of drug-likeness (QED) is 0.392. The van der Waals surface area contributed by atoms with Crippen molar-refractivity contribution in [3.63, 3.8) is 0 Å². The molecule has 1 fully saturated rings. The van der Waals surface area contributed by atoms with Gasteiger partial charge in [-0.05, 0) is 55.0 Å². The van der Waals surface area contributed by atoms with Gasteiger partial charge in [0.05, 0.1) is 24.7 Å². The molecule has 1 aliphatic heterocycles. The number of hydrogen-bond donors (Lipinski definition) is 1. The maximum atomic E-state index is 12.7. The molecule has 0 spiro atoms. The fourth-order valence-corrected chi connectivity index (χ4v) is 4.73. The fourth-order valence-electron chi connectivity index (χ4n) is 3.99. The number of para-hydroxylation sites is 1. The van der Waals surface area contributed by atoms with Crippen LogP contribution in [0.25, 0.3) is 17.1 Å². The molecule has 1 N–H and O–H groups in total. The van der Waals surface area contributed by atoms with Crippen molar-refractivity contribution in [2.75, 3.05) is 42.3 Å². The number of aromatic nitrogens is 4. The van der Waals surface area contributed by atoms with Crippen molar-refractivity contribution in [2.45, 2.75) is 12.1 Å². The monoisotopic (exact) mass is 486 g/mol.